The first-order chi connectivity index (χ1) is 16.5. The van der Waals surface area contributed by atoms with Gasteiger partial charge in [-0.3, -0.25) is 4.79 Å². The number of amides is 1. The van der Waals surface area contributed by atoms with Crippen LogP contribution < -0.4 is 5.32 Å². The van der Waals surface area contributed by atoms with Gasteiger partial charge in [-0.1, -0.05) is 19.1 Å². The minimum atomic E-state index is -0.419. The number of carbonyl (C=O) groups is 1. The smallest absolute Gasteiger partial charge is 0.295 e. The van der Waals surface area contributed by atoms with Gasteiger partial charge >= 0.3 is 0 Å². The number of piperidine rings is 1. The van der Waals surface area contributed by atoms with Crippen molar-refractivity contribution in [3.8, 4) is 11.4 Å². The van der Waals surface area contributed by atoms with Crippen LogP contribution >= 0.6 is 0 Å². The van der Waals surface area contributed by atoms with E-state index in [2.05, 4.69) is 27.2 Å². The molecule has 0 bridgehead atoms. The van der Waals surface area contributed by atoms with Gasteiger partial charge in [-0.05, 0) is 61.6 Å². The molecule has 0 radical (unpaired) electrons. The summed E-state index contributed by atoms with van der Waals surface area (Å²) in [5, 5.41) is 3.28. The number of oxazole rings is 1. The number of benzene rings is 2. The molecule has 1 aliphatic rings. The van der Waals surface area contributed by atoms with Crippen molar-refractivity contribution >= 4 is 23.0 Å². The lowest BCUT2D eigenvalue weighted by Gasteiger charge is -2.40. The summed E-state index contributed by atoms with van der Waals surface area (Å²) >= 11 is 0. The maximum absolute atomic E-state index is 14.3. The van der Waals surface area contributed by atoms with Crippen LogP contribution in [0, 0.1) is 18.7 Å². The number of para-hydroxylation sites is 2. The normalized spacial score (nSPS) is 18.3. The van der Waals surface area contributed by atoms with Crippen LogP contribution in [0.4, 0.5) is 10.4 Å². The third-order valence-electron chi connectivity index (χ3n) is 6.45. The molecular weight excluding hydrogens is 433 g/mol. The zero-order chi connectivity index (χ0) is 23.7. The van der Waals surface area contributed by atoms with Crippen molar-refractivity contribution in [1.82, 2.24) is 19.9 Å². The molecule has 2 aromatic heterocycles. The van der Waals surface area contributed by atoms with E-state index in [1.54, 1.807) is 25.4 Å². The number of fused-ring (bicyclic) bond motifs is 1. The second-order valence-corrected chi connectivity index (χ2v) is 8.77. The first-order valence-electron chi connectivity index (χ1n) is 11.5. The largest absolute Gasteiger partial charge is 0.424 e. The number of hydrogen-bond acceptors (Lipinski definition) is 6. The van der Waals surface area contributed by atoms with Crippen LogP contribution in [0.1, 0.15) is 35.7 Å². The van der Waals surface area contributed by atoms with Crippen LogP contribution in [-0.2, 0) is 0 Å². The van der Waals surface area contributed by atoms with Crippen molar-refractivity contribution in [3.63, 3.8) is 0 Å². The van der Waals surface area contributed by atoms with Gasteiger partial charge in [-0.25, -0.2) is 14.4 Å². The number of aromatic nitrogens is 3. The molecule has 8 heteroatoms. The van der Waals surface area contributed by atoms with Gasteiger partial charge in [0.1, 0.15) is 11.3 Å². The molecule has 3 heterocycles. The lowest BCUT2D eigenvalue weighted by atomic mass is 9.89. The molecule has 0 saturated carbocycles. The molecule has 174 valence electrons. The number of carbonyl (C=O) groups excluding carboxylic acids is 1. The predicted molar refractivity (Wildman–Crippen MR) is 128 cm³/mol. The second-order valence-electron chi connectivity index (χ2n) is 8.77. The fourth-order valence-electron chi connectivity index (χ4n) is 4.74. The lowest BCUT2D eigenvalue weighted by Crippen LogP contribution is -2.51. The highest BCUT2D eigenvalue weighted by atomic mass is 19.1. The minimum Gasteiger partial charge on any atom is -0.424 e. The van der Waals surface area contributed by atoms with Crippen molar-refractivity contribution in [2.75, 3.05) is 18.4 Å². The number of hydrogen-bond donors (Lipinski definition) is 1. The van der Waals surface area contributed by atoms with E-state index in [4.69, 9.17) is 4.42 Å². The Bertz CT molecular complexity index is 1290. The number of aryl methyl sites for hydroxylation is 1. The molecule has 2 atom stereocenters. The number of anilines is 1. The summed E-state index contributed by atoms with van der Waals surface area (Å²) in [7, 11) is 0. The Hall–Kier alpha value is -3.81. The molecule has 1 amide bonds. The van der Waals surface area contributed by atoms with Gasteiger partial charge in [0.15, 0.2) is 11.4 Å². The molecule has 7 nitrogen and oxygen atoms in total. The van der Waals surface area contributed by atoms with Crippen LogP contribution in [-0.4, -0.2) is 44.9 Å². The molecule has 1 N–H and O–H groups in total. The molecule has 5 rings (SSSR count). The quantitative estimate of drug-likeness (QED) is 0.448. The third kappa shape index (κ3) is 4.23. The number of rotatable bonds is 5. The molecule has 2 aromatic carbocycles. The fourth-order valence-corrected chi connectivity index (χ4v) is 4.74. The van der Waals surface area contributed by atoms with Gasteiger partial charge in [-0.15, -0.1) is 0 Å². The predicted octanol–water partition coefficient (Wildman–Crippen LogP) is 5.09. The summed E-state index contributed by atoms with van der Waals surface area (Å²) in [6.45, 7) is 5.02. The fraction of sp³-hybridized carbons (Fsp3) is 0.308. The highest BCUT2D eigenvalue weighted by molar-refractivity contribution is 6.01. The Kier molecular flexibility index (Phi) is 5.96. The van der Waals surface area contributed by atoms with Crippen LogP contribution in [0.5, 0.6) is 0 Å². The Labute approximate surface area is 197 Å². The van der Waals surface area contributed by atoms with Crippen molar-refractivity contribution in [2.45, 2.75) is 32.7 Å². The SMILES string of the molecule is Cc1cc(F)cc(-c2ncccn2)c1C(=O)N1CCC[C@@H](C)[C@H]1CNc1nc2ccccc2o1. The van der Waals surface area contributed by atoms with E-state index < -0.39 is 5.82 Å². The maximum Gasteiger partial charge on any atom is 0.295 e. The Balaban J connectivity index is 1.45. The van der Waals surface area contributed by atoms with Crippen molar-refractivity contribution < 1.29 is 13.6 Å². The van der Waals surface area contributed by atoms with Gasteiger partial charge in [0, 0.05) is 31.0 Å². The molecule has 4 aromatic rings. The summed E-state index contributed by atoms with van der Waals surface area (Å²) < 4.78 is 20.1. The van der Waals surface area contributed by atoms with E-state index in [0.29, 0.717) is 47.2 Å². The van der Waals surface area contributed by atoms with Crippen molar-refractivity contribution in [1.29, 1.82) is 0 Å². The van der Waals surface area contributed by atoms with E-state index in [-0.39, 0.29) is 17.9 Å². The molecule has 1 aliphatic heterocycles. The third-order valence-corrected chi connectivity index (χ3v) is 6.45. The molecule has 34 heavy (non-hydrogen) atoms. The molecule has 0 aliphatic carbocycles. The number of nitrogens with one attached hydrogen (secondary N) is 1. The maximum atomic E-state index is 14.3. The minimum absolute atomic E-state index is 0.0785. The summed E-state index contributed by atoms with van der Waals surface area (Å²) in [5.74, 6) is 0.0416. The Morgan fingerprint density at radius 1 is 1.21 bits per heavy atom. The first-order valence-corrected chi connectivity index (χ1v) is 11.5. The summed E-state index contributed by atoms with van der Waals surface area (Å²) in [6.07, 6.45) is 5.10. The van der Waals surface area contributed by atoms with Crippen molar-refractivity contribution in [2.24, 2.45) is 5.92 Å². The average Bonchev–Trinajstić information content (AvgIpc) is 3.26. The zero-order valence-corrected chi connectivity index (χ0v) is 19.2. The van der Waals surface area contributed by atoms with E-state index >= 15 is 0 Å². The monoisotopic (exact) mass is 459 g/mol. The summed E-state index contributed by atoms with van der Waals surface area (Å²) in [4.78, 5) is 28.8. The topological polar surface area (TPSA) is 84.2 Å². The van der Waals surface area contributed by atoms with Gasteiger partial charge in [-0.2, -0.15) is 4.98 Å². The Morgan fingerprint density at radius 3 is 2.79 bits per heavy atom. The van der Waals surface area contributed by atoms with Gasteiger partial charge < -0.3 is 14.6 Å². The first kappa shape index (κ1) is 22.0. The van der Waals surface area contributed by atoms with E-state index in [9.17, 15) is 9.18 Å². The lowest BCUT2D eigenvalue weighted by molar-refractivity contribution is 0.0539. The summed E-state index contributed by atoms with van der Waals surface area (Å²) in [5.41, 5.74) is 2.91. The zero-order valence-electron chi connectivity index (χ0n) is 19.2. The van der Waals surface area contributed by atoms with Gasteiger partial charge in [0.25, 0.3) is 11.9 Å². The van der Waals surface area contributed by atoms with Crippen LogP contribution in [0.15, 0.2) is 59.3 Å². The van der Waals surface area contributed by atoms with E-state index in [1.807, 2.05) is 29.2 Å². The Morgan fingerprint density at radius 2 is 2.00 bits per heavy atom. The molecule has 0 unspecified atom stereocenters. The van der Waals surface area contributed by atoms with Gasteiger partial charge in [0.2, 0.25) is 0 Å². The standard InChI is InChI=1S/C26H26FN5O2/c1-16-7-5-12-32(21(16)15-30-26-31-20-8-3-4-9-22(20)34-26)25(33)23-17(2)13-18(27)14-19(23)24-28-10-6-11-29-24/h3-4,6,8-11,13-14,16,21H,5,7,12,15H2,1-2H3,(H,30,31)/t16-,21-/m1/s1. The molecule has 1 fully saturated rings. The van der Waals surface area contributed by atoms with Crippen LogP contribution in [0.2, 0.25) is 0 Å². The van der Waals surface area contributed by atoms with Crippen molar-refractivity contribution in [3.05, 3.63) is 71.8 Å². The van der Waals surface area contributed by atoms with Crippen LogP contribution in [0.25, 0.3) is 22.5 Å². The number of nitrogens with zero attached hydrogens (tertiary/aromatic N) is 4. The van der Waals surface area contributed by atoms with Gasteiger partial charge in [0.05, 0.1) is 11.6 Å². The van der Waals surface area contributed by atoms with E-state index in [0.717, 1.165) is 18.4 Å². The number of halogens is 1. The molecule has 0 spiro atoms. The number of likely N-dealkylation sites (tertiary alicyclic amines) is 1. The van der Waals surface area contributed by atoms with Crippen LogP contribution in [0.3, 0.4) is 0 Å². The molecule has 1 saturated heterocycles. The second kappa shape index (κ2) is 9.21. The summed E-state index contributed by atoms with van der Waals surface area (Å²) in [6, 6.07) is 12.4. The highest BCUT2D eigenvalue weighted by Gasteiger charge is 2.34. The van der Waals surface area contributed by atoms with E-state index in [1.165, 1.54) is 12.1 Å². The highest BCUT2D eigenvalue weighted by Crippen LogP contribution is 2.31. The average molecular weight is 460 g/mol. The molecular formula is C26H26FN5O2.